The van der Waals surface area contributed by atoms with Gasteiger partial charge >= 0.3 is 0 Å². The van der Waals surface area contributed by atoms with Crippen molar-refractivity contribution < 1.29 is 53.0 Å². The molecule has 0 unspecified atom stereocenters. The number of nitrogens with zero attached hydrogens (tertiary/aromatic N) is 3. The van der Waals surface area contributed by atoms with E-state index in [-0.39, 0.29) is 0 Å². The topological polar surface area (TPSA) is 78.1 Å². The molecule has 0 aliphatic heterocycles. The molecule has 12 aromatic rings. The SMILES string of the molecule is [2H]c1c([2H])c([2H])c(-c2nc(-c3c([2H])c([2H])c([2H])c([2H])c3[2H])nc(-c3c([2H])c([2H])c4c(oc5c([2H])c([2H])c(-c6c([2H])c(-c7c([2H])c([2H])c([2H])c8c7oc7c([2H])c([2H])c([2H])c([2H])c78)c7oc8c([2H])c([2H])c([2H])c([2H])c8c7c6[2H])c([2H])c54)c3[2H])n2)c([2H])c1[2H]. The van der Waals surface area contributed by atoms with Crippen LogP contribution in [-0.2, 0) is 0 Å². The second-order valence-electron chi connectivity index (χ2n) is 12.1. The summed E-state index contributed by atoms with van der Waals surface area (Å²) in [5, 5.41) is -3.12. The average Bonchev–Trinajstić information content (AvgIpc) is 1.52. The largest absolute Gasteiger partial charge is 0.456 e. The Balaban J connectivity index is 1.20. The van der Waals surface area contributed by atoms with Crippen LogP contribution in [0.5, 0.6) is 0 Å². The summed E-state index contributed by atoms with van der Waals surface area (Å²) in [6, 6.07) is -25.1. The number of furan rings is 3. The molecular formula is C51H29N3O3. The van der Waals surface area contributed by atoms with Crippen LogP contribution in [0.2, 0.25) is 0 Å². The summed E-state index contributed by atoms with van der Waals surface area (Å²) in [5.41, 5.74) is -8.93. The van der Waals surface area contributed by atoms with Gasteiger partial charge in [-0.2, -0.15) is 0 Å². The molecule has 57 heavy (non-hydrogen) atoms. The van der Waals surface area contributed by atoms with E-state index in [0.717, 1.165) is 0 Å². The summed E-state index contributed by atoms with van der Waals surface area (Å²) in [7, 11) is 0. The van der Waals surface area contributed by atoms with Gasteiger partial charge in [0.15, 0.2) is 17.5 Å². The summed E-state index contributed by atoms with van der Waals surface area (Å²) in [6.45, 7) is 0. The van der Waals surface area contributed by atoms with Crippen LogP contribution in [-0.4, -0.2) is 15.0 Å². The van der Waals surface area contributed by atoms with Crippen molar-refractivity contribution in [1.29, 1.82) is 0 Å². The lowest BCUT2D eigenvalue weighted by Gasteiger charge is -2.09. The fourth-order valence-corrected chi connectivity index (χ4v) is 6.32. The van der Waals surface area contributed by atoms with Crippen LogP contribution in [0.15, 0.2) is 188 Å². The minimum atomic E-state index is -0.997. The van der Waals surface area contributed by atoms with Gasteiger partial charge < -0.3 is 13.3 Å². The van der Waals surface area contributed by atoms with Crippen molar-refractivity contribution in [2.75, 3.05) is 0 Å². The summed E-state index contributed by atoms with van der Waals surface area (Å²) in [6.07, 6.45) is 0. The summed E-state index contributed by atoms with van der Waals surface area (Å²) in [4.78, 5) is 12.7. The molecule has 12 rings (SSSR count). The van der Waals surface area contributed by atoms with Crippen LogP contribution in [0.1, 0.15) is 39.8 Å². The number of hydrogen-bond acceptors (Lipinski definition) is 6. The lowest BCUT2D eigenvalue weighted by atomic mass is 9.94. The van der Waals surface area contributed by atoms with E-state index in [1.54, 1.807) is 0 Å². The lowest BCUT2D eigenvalue weighted by Crippen LogP contribution is -2.00. The van der Waals surface area contributed by atoms with Gasteiger partial charge in [-0.25, -0.2) is 15.0 Å². The molecule has 266 valence electrons. The quantitative estimate of drug-likeness (QED) is 0.174. The Bertz CT molecular complexity index is 5100. The Hall–Kier alpha value is -7.83. The molecule has 0 N–H and O–H groups in total. The molecule has 0 aliphatic rings. The Kier molecular flexibility index (Phi) is 3.11. The average molecular weight is 761 g/mol. The zero-order valence-electron chi connectivity index (χ0n) is 57.1. The molecule has 6 nitrogen and oxygen atoms in total. The zero-order chi connectivity index (χ0) is 62.7. The predicted octanol–water partition coefficient (Wildman–Crippen LogP) is 13.9. The molecule has 8 aromatic carbocycles. The van der Waals surface area contributed by atoms with Gasteiger partial charge in [-0.15, -0.1) is 0 Å². The summed E-state index contributed by atoms with van der Waals surface area (Å²) in [5.74, 6) is -2.40. The van der Waals surface area contributed by atoms with Crippen LogP contribution >= 0.6 is 0 Å². The maximum absolute atomic E-state index is 10.0. The van der Waals surface area contributed by atoms with E-state index in [1.807, 2.05) is 0 Å². The molecule has 0 radical (unpaired) electrons. The number of benzene rings is 8. The van der Waals surface area contributed by atoms with E-state index in [2.05, 4.69) is 15.0 Å². The van der Waals surface area contributed by atoms with Gasteiger partial charge in [-0.05, 0) is 59.5 Å². The van der Waals surface area contributed by atoms with Gasteiger partial charge in [0, 0.05) is 60.1 Å². The van der Waals surface area contributed by atoms with Gasteiger partial charge in [0.2, 0.25) is 0 Å². The van der Waals surface area contributed by atoms with Crippen LogP contribution < -0.4 is 0 Å². The van der Waals surface area contributed by atoms with Gasteiger partial charge in [0.05, 0.1) is 39.8 Å². The molecule has 0 aliphatic carbocycles. The fraction of sp³-hybridized carbons (Fsp3) is 0. The van der Waals surface area contributed by atoms with Crippen molar-refractivity contribution in [3.05, 3.63) is 175 Å². The van der Waals surface area contributed by atoms with Crippen molar-refractivity contribution in [2.45, 2.75) is 0 Å². The molecule has 0 spiro atoms. The van der Waals surface area contributed by atoms with Crippen LogP contribution in [0, 0.1) is 0 Å². The van der Waals surface area contributed by atoms with Crippen LogP contribution in [0.4, 0.5) is 0 Å². The maximum Gasteiger partial charge on any atom is 0.164 e. The molecule has 6 heteroatoms. The first kappa shape index (κ1) is 14.3. The first-order valence-electron chi connectivity index (χ1n) is 31.1. The summed E-state index contributed by atoms with van der Waals surface area (Å²) >= 11 is 0. The smallest absolute Gasteiger partial charge is 0.164 e. The van der Waals surface area contributed by atoms with Gasteiger partial charge in [-0.3, -0.25) is 0 Å². The Labute approximate surface area is 366 Å². The first-order chi connectivity index (χ1) is 40.3. The maximum atomic E-state index is 10.0. The number of hydrogen-bond donors (Lipinski definition) is 0. The monoisotopic (exact) mass is 760 g/mol. The van der Waals surface area contributed by atoms with E-state index in [0.29, 0.717) is 0 Å². The normalized spacial score (nSPS) is 19.0. The minimum Gasteiger partial charge on any atom is -0.456 e. The Morgan fingerprint density at radius 2 is 0.825 bits per heavy atom. The number of fused-ring (bicyclic) bond motifs is 9. The zero-order valence-corrected chi connectivity index (χ0v) is 28.1. The minimum absolute atomic E-state index is 0.413. The van der Waals surface area contributed by atoms with Crippen LogP contribution in [0.25, 0.3) is 122 Å². The van der Waals surface area contributed by atoms with Crippen molar-refractivity contribution in [2.24, 2.45) is 0 Å². The van der Waals surface area contributed by atoms with E-state index in [9.17, 15) is 12.3 Å². The van der Waals surface area contributed by atoms with Crippen LogP contribution in [0.3, 0.4) is 0 Å². The van der Waals surface area contributed by atoms with E-state index >= 15 is 0 Å². The fourth-order valence-electron chi connectivity index (χ4n) is 6.32. The van der Waals surface area contributed by atoms with E-state index in [4.69, 9.17) is 40.7 Å². The second kappa shape index (κ2) is 12.3. The van der Waals surface area contributed by atoms with Gasteiger partial charge in [-0.1, -0.05) is 127 Å². The Morgan fingerprint density at radius 3 is 1.53 bits per heavy atom. The lowest BCUT2D eigenvalue weighted by molar-refractivity contribution is 0.665. The third-order valence-electron chi connectivity index (χ3n) is 8.81. The highest BCUT2D eigenvalue weighted by Gasteiger charge is 2.20. The number of aromatic nitrogens is 3. The highest BCUT2D eigenvalue weighted by molar-refractivity contribution is 6.16. The summed E-state index contributed by atoms with van der Waals surface area (Å²) < 4.78 is 276. The molecular weight excluding hydrogens is 703 g/mol. The highest BCUT2D eigenvalue weighted by atomic mass is 16.3. The third kappa shape index (κ3) is 5.08. The Morgan fingerprint density at radius 1 is 0.298 bits per heavy atom. The standard InChI is InChI=1S/C51H29N3O3/c1-3-12-30(13-4-1)49-52-50(31-14-5-2-6-15-31)54-51(53-49)33-22-24-37-40-26-32(23-25-45(40)55-46(37)29-33)34-27-41-36-17-8-10-21-44(36)57-48(41)42(28-34)39-19-11-18-38-35-16-7-9-20-43(35)56-47(38)39/h1-29H/i1D,2D,3D,4D,5D,6D,7D,8D,9D,10D,11D,12D,13D,14D,15D,16D,17D,18D,19D,20D,21D,22D,23D,24D,25D,26D,27D,28D,29D. The van der Waals surface area contributed by atoms with Crippen molar-refractivity contribution in [3.63, 3.8) is 0 Å². The van der Waals surface area contributed by atoms with E-state index in [1.165, 1.54) is 0 Å². The van der Waals surface area contributed by atoms with E-state index < -0.39 is 297 Å². The molecule has 4 heterocycles. The second-order valence-corrected chi connectivity index (χ2v) is 12.1. The predicted molar refractivity (Wildman–Crippen MR) is 229 cm³/mol. The number of para-hydroxylation sites is 3. The van der Waals surface area contributed by atoms with Crippen molar-refractivity contribution >= 4 is 65.8 Å². The first-order valence-corrected chi connectivity index (χ1v) is 16.6. The van der Waals surface area contributed by atoms with Crippen molar-refractivity contribution in [3.8, 4) is 56.4 Å². The molecule has 0 saturated carbocycles. The van der Waals surface area contributed by atoms with Gasteiger partial charge in [0.25, 0.3) is 0 Å². The van der Waals surface area contributed by atoms with Gasteiger partial charge in [0.1, 0.15) is 33.5 Å². The molecule has 0 amide bonds. The molecule has 0 atom stereocenters. The highest BCUT2D eigenvalue weighted by Crippen LogP contribution is 2.44. The molecule has 0 bridgehead atoms. The molecule has 0 saturated heterocycles. The number of rotatable bonds is 5. The molecule has 4 aromatic heterocycles. The van der Waals surface area contributed by atoms with Crippen molar-refractivity contribution in [1.82, 2.24) is 15.0 Å². The molecule has 0 fully saturated rings. The third-order valence-corrected chi connectivity index (χ3v) is 8.81.